The Hall–Kier alpha value is -1.37. The standard InChI is InChI=1S/C10H15BrN4O2/c1-3-12-7(16)5-15(4-2)9-8(11)10(17)14-6-13-9/h6H,3-5H2,1-2H3,(H,12,16)(H,13,14,17). The van der Waals surface area contributed by atoms with E-state index in [9.17, 15) is 9.59 Å². The minimum absolute atomic E-state index is 0.0941. The minimum atomic E-state index is -0.260. The Kier molecular flexibility index (Phi) is 5.14. The topological polar surface area (TPSA) is 78.1 Å². The highest BCUT2D eigenvalue weighted by Crippen LogP contribution is 2.18. The summed E-state index contributed by atoms with van der Waals surface area (Å²) >= 11 is 3.17. The molecule has 0 aliphatic carbocycles. The fourth-order valence-corrected chi connectivity index (χ4v) is 1.82. The van der Waals surface area contributed by atoms with Crippen molar-refractivity contribution >= 4 is 27.7 Å². The second-order valence-electron chi connectivity index (χ2n) is 3.34. The largest absolute Gasteiger partial charge is 0.355 e. The maximum atomic E-state index is 11.5. The van der Waals surface area contributed by atoms with E-state index in [4.69, 9.17) is 0 Å². The van der Waals surface area contributed by atoms with Crippen LogP contribution >= 0.6 is 15.9 Å². The number of rotatable bonds is 5. The Balaban J connectivity index is 2.90. The van der Waals surface area contributed by atoms with Gasteiger partial charge in [-0.15, -0.1) is 0 Å². The van der Waals surface area contributed by atoms with Crippen LogP contribution in [0.1, 0.15) is 13.8 Å². The van der Waals surface area contributed by atoms with E-state index < -0.39 is 0 Å². The maximum absolute atomic E-state index is 11.5. The first-order chi connectivity index (χ1) is 8.10. The number of aromatic amines is 1. The number of carbonyl (C=O) groups excluding carboxylic acids is 1. The number of nitrogens with zero attached hydrogens (tertiary/aromatic N) is 2. The van der Waals surface area contributed by atoms with Gasteiger partial charge in [-0.25, -0.2) is 4.98 Å². The molecular weight excluding hydrogens is 288 g/mol. The molecular formula is C10H15BrN4O2. The van der Waals surface area contributed by atoms with Gasteiger partial charge in [-0.05, 0) is 29.8 Å². The van der Waals surface area contributed by atoms with Gasteiger partial charge >= 0.3 is 0 Å². The molecule has 0 bridgehead atoms. The number of H-pyrrole nitrogens is 1. The van der Waals surface area contributed by atoms with E-state index >= 15 is 0 Å². The Labute approximate surface area is 108 Å². The summed E-state index contributed by atoms with van der Waals surface area (Å²) in [7, 11) is 0. The predicted octanol–water partition coefficient (Wildman–Crippen LogP) is 0.495. The first kappa shape index (κ1) is 13.7. The van der Waals surface area contributed by atoms with E-state index in [1.807, 2.05) is 13.8 Å². The lowest BCUT2D eigenvalue weighted by Gasteiger charge is -2.21. The van der Waals surface area contributed by atoms with Crippen molar-refractivity contribution in [1.29, 1.82) is 0 Å². The van der Waals surface area contributed by atoms with Crippen molar-refractivity contribution in [1.82, 2.24) is 15.3 Å². The van der Waals surface area contributed by atoms with Gasteiger partial charge in [-0.1, -0.05) is 0 Å². The van der Waals surface area contributed by atoms with Crippen LogP contribution in [-0.4, -0.2) is 35.5 Å². The molecule has 1 rings (SSSR count). The Morgan fingerprint density at radius 1 is 1.59 bits per heavy atom. The second-order valence-corrected chi connectivity index (χ2v) is 4.13. The third-order valence-electron chi connectivity index (χ3n) is 2.17. The Bertz CT molecular complexity index is 446. The number of carbonyl (C=O) groups is 1. The monoisotopic (exact) mass is 302 g/mol. The van der Waals surface area contributed by atoms with Gasteiger partial charge in [0.25, 0.3) is 5.56 Å². The van der Waals surface area contributed by atoms with Crippen LogP contribution < -0.4 is 15.8 Å². The molecule has 1 amide bonds. The van der Waals surface area contributed by atoms with Gasteiger partial charge in [0, 0.05) is 13.1 Å². The fraction of sp³-hybridized carbons (Fsp3) is 0.500. The second kappa shape index (κ2) is 6.39. The molecule has 0 aliphatic heterocycles. The highest BCUT2D eigenvalue weighted by Gasteiger charge is 2.15. The summed E-state index contributed by atoms with van der Waals surface area (Å²) in [5.41, 5.74) is -0.260. The molecule has 0 aliphatic rings. The molecule has 1 aromatic rings. The molecule has 0 atom stereocenters. The smallest absolute Gasteiger partial charge is 0.267 e. The van der Waals surface area contributed by atoms with E-state index in [-0.39, 0.29) is 18.0 Å². The number of hydrogen-bond acceptors (Lipinski definition) is 4. The van der Waals surface area contributed by atoms with Crippen LogP contribution in [0.3, 0.4) is 0 Å². The highest BCUT2D eigenvalue weighted by molar-refractivity contribution is 9.10. The molecule has 0 aromatic carbocycles. The fourth-order valence-electron chi connectivity index (χ4n) is 1.36. The van der Waals surface area contributed by atoms with Gasteiger partial charge in [-0.2, -0.15) is 0 Å². The zero-order valence-corrected chi connectivity index (χ0v) is 11.4. The van der Waals surface area contributed by atoms with Crippen LogP contribution in [0, 0.1) is 0 Å². The summed E-state index contributed by atoms with van der Waals surface area (Å²) in [5.74, 6) is 0.380. The average Bonchev–Trinajstić information content (AvgIpc) is 2.30. The summed E-state index contributed by atoms with van der Waals surface area (Å²) < 4.78 is 0.339. The first-order valence-corrected chi connectivity index (χ1v) is 6.14. The van der Waals surface area contributed by atoms with E-state index in [0.29, 0.717) is 23.4 Å². The van der Waals surface area contributed by atoms with Crippen LogP contribution in [0.25, 0.3) is 0 Å². The van der Waals surface area contributed by atoms with Crippen LogP contribution in [-0.2, 0) is 4.79 Å². The van der Waals surface area contributed by atoms with Crippen molar-refractivity contribution in [3.63, 3.8) is 0 Å². The van der Waals surface area contributed by atoms with Crippen LogP contribution in [0.5, 0.6) is 0 Å². The molecule has 1 aromatic heterocycles. The zero-order chi connectivity index (χ0) is 12.8. The number of likely N-dealkylation sites (N-methyl/N-ethyl adjacent to an activating group) is 2. The number of halogens is 1. The molecule has 6 nitrogen and oxygen atoms in total. The van der Waals surface area contributed by atoms with Crippen molar-refractivity contribution in [2.45, 2.75) is 13.8 Å². The number of anilines is 1. The minimum Gasteiger partial charge on any atom is -0.355 e. The van der Waals surface area contributed by atoms with Crippen LogP contribution in [0.4, 0.5) is 5.82 Å². The summed E-state index contributed by atoms with van der Waals surface area (Å²) in [4.78, 5) is 31.2. The molecule has 0 saturated carbocycles. The molecule has 0 fully saturated rings. The van der Waals surface area contributed by atoms with Gasteiger partial charge in [0.1, 0.15) is 4.47 Å². The summed E-state index contributed by atoms with van der Waals surface area (Å²) in [6.07, 6.45) is 1.32. The van der Waals surface area contributed by atoms with E-state index in [1.165, 1.54) is 6.33 Å². The number of nitrogens with one attached hydrogen (secondary N) is 2. The quantitative estimate of drug-likeness (QED) is 0.830. The third kappa shape index (κ3) is 3.55. The van der Waals surface area contributed by atoms with Crippen LogP contribution in [0.15, 0.2) is 15.6 Å². The Morgan fingerprint density at radius 2 is 2.29 bits per heavy atom. The third-order valence-corrected chi connectivity index (χ3v) is 2.88. The van der Waals surface area contributed by atoms with Crippen molar-refractivity contribution in [2.75, 3.05) is 24.5 Å². The molecule has 17 heavy (non-hydrogen) atoms. The lowest BCUT2D eigenvalue weighted by Crippen LogP contribution is -2.38. The molecule has 7 heteroatoms. The van der Waals surface area contributed by atoms with Crippen molar-refractivity contribution in [3.05, 3.63) is 21.2 Å². The Morgan fingerprint density at radius 3 is 2.88 bits per heavy atom. The summed E-state index contributed by atoms with van der Waals surface area (Å²) in [6, 6.07) is 0. The predicted molar refractivity (Wildman–Crippen MR) is 69.1 cm³/mol. The number of amides is 1. The molecule has 2 N–H and O–H groups in total. The van der Waals surface area contributed by atoms with Gasteiger partial charge in [-0.3, -0.25) is 9.59 Å². The normalized spacial score (nSPS) is 10.1. The van der Waals surface area contributed by atoms with Crippen molar-refractivity contribution in [3.8, 4) is 0 Å². The summed E-state index contributed by atoms with van der Waals surface area (Å²) in [6.45, 7) is 5.11. The lowest BCUT2D eigenvalue weighted by molar-refractivity contribution is -0.119. The van der Waals surface area contributed by atoms with E-state index in [2.05, 4.69) is 31.2 Å². The maximum Gasteiger partial charge on any atom is 0.267 e. The number of aromatic nitrogens is 2. The molecule has 0 saturated heterocycles. The lowest BCUT2D eigenvalue weighted by atomic mass is 10.4. The first-order valence-electron chi connectivity index (χ1n) is 5.35. The van der Waals surface area contributed by atoms with E-state index in [0.717, 1.165) is 0 Å². The zero-order valence-electron chi connectivity index (χ0n) is 9.79. The van der Waals surface area contributed by atoms with Gasteiger partial charge in [0.15, 0.2) is 5.82 Å². The van der Waals surface area contributed by atoms with Crippen LogP contribution in [0.2, 0.25) is 0 Å². The summed E-state index contributed by atoms with van der Waals surface area (Å²) in [5, 5.41) is 2.70. The number of hydrogen-bond donors (Lipinski definition) is 2. The molecule has 0 radical (unpaired) electrons. The van der Waals surface area contributed by atoms with Gasteiger partial charge < -0.3 is 15.2 Å². The van der Waals surface area contributed by atoms with Crippen molar-refractivity contribution in [2.24, 2.45) is 0 Å². The van der Waals surface area contributed by atoms with Gasteiger partial charge in [0.05, 0.1) is 12.9 Å². The molecule has 94 valence electrons. The molecule has 1 heterocycles. The highest BCUT2D eigenvalue weighted by atomic mass is 79.9. The van der Waals surface area contributed by atoms with Crippen molar-refractivity contribution < 1.29 is 4.79 Å². The van der Waals surface area contributed by atoms with E-state index in [1.54, 1.807) is 4.90 Å². The molecule has 0 spiro atoms. The van der Waals surface area contributed by atoms with Gasteiger partial charge in [0.2, 0.25) is 5.91 Å². The SMILES string of the molecule is CCNC(=O)CN(CC)c1nc[nH]c(=O)c1Br. The molecule has 0 unspecified atom stereocenters. The average molecular weight is 303 g/mol.